The van der Waals surface area contributed by atoms with Gasteiger partial charge in [-0.25, -0.2) is 0 Å². The van der Waals surface area contributed by atoms with E-state index in [2.05, 4.69) is 68.6 Å². The molecule has 0 fully saturated rings. The minimum atomic E-state index is 0.0736. The zero-order valence-corrected chi connectivity index (χ0v) is 19.0. The summed E-state index contributed by atoms with van der Waals surface area (Å²) in [5, 5.41) is 7.14. The molecule has 0 aliphatic heterocycles. The maximum atomic E-state index is 5.87. The number of rotatable bonds is 1. The van der Waals surface area contributed by atoms with Gasteiger partial charge in [0, 0.05) is 42.0 Å². The Hall–Kier alpha value is -2.69. The van der Waals surface area contributed by atoms with Gasteiger partial charge in [-0.05, 0) is 71.1 Å². The second-order valence-corrected chi connectivity index (χ2v) is 11.0. The summed E-state index contributed by atoms with van der Waals surface area (Å²) in [4.78, 5) is 4.89. The summed E-state index contributed by atoms with van der Waals surface area (Å²) < 4.78 is 9.76. The minimum Gasteiger partial charge on any atom is -0.461 e. The number of thiophene rings is 2. The number of fused-ring (bicyclic) bond motifs is 5. The van der Waals surface area contributed by atoms with Crippen LogP contribution in [0.25, 0.3) is 52.5 Å². The van der Waals surface area contributed by atoms with Gasteiger partial charge < -0.3 is 4.42 Å². The van der Waals surface area contributed by atoms with Gasteiger partial charge in [-0.2, -0.15) is 0 Å². The average molecular weight is 428 g/mol. The van der Waals surface area contributed by atoms with Crippen LogP contribution < -0.4 is 0 Å². The van der Waals surface area contributed by atoms with Crippen LogP contribution in [0, 0.1) is 6.92 Å². The largest absolute Gasteiger partial charge is 0.461 e. The van der Waals surface area contributed by atoms with Gasteiger partial charge in [0.1, 0.15) is 11.3 Å². The van der Waals surface area contributed by atoms with Gasteiger partial charge in [0.2, 0.25) is 0 Å². The van der Waals surface area contributed by atoms with Crippen LogP contribution in [0.5, 0.6) is 0 Å². The molecule has 0 bridgehead atoms. The van der Waals surface area contributed by atoms with Crippen molar-refractivity contribution >= 4 is 63.9 Å². The summed E-state index contributed by atoms with van der Waals surface area (Å²) in [6.45, 7) is 8.87. The van der Waals surface area contributed by atoms with Gasteiger partial charge in [-0.3, -0.25) is 4.98 Å². The van der Waals surface area contributed by atoms with Crippen LogP contribution in [0.15, 0.2) is 58.5 Å². The zero-order valence-electron chi connectivity index (χ0n) is 17.4. The number of hydrogen-bond donors (Lipinski definition) is 0. The normalized spacial score (nSPS) is 12.7. The minimum absolute atomic E-state index is 0.0736. The summed E-state index contributed by atoms with van der Waals surface area (Å²) in [7, 11) is 0. The molecular formula is C26H21NOS2. The summed E-state index contributed by atoms with van der Waals surface area (Å²) in [5.41, 5.74) is 4.67. The van der Waals surface area contributed by atoms with E-state index in [4.69, 9.17) is 9.40 Å². The number of benzene rings is 2. The van der Waals surface area contributed by atoms with Gasteiger partial charge in [0.15, 0.2) is 0 Å². The zero-order chi connectivity index (χ0) is 20.6. The Kier molecular flexibility index (Phi) is 3.72. The molecule has 0 saturated carbocycles. The Morgan fingerprint density at radius 3 is 2.63 bits per heavy atom. The third-order valence-electron chi connectivity index (χ3n) is 5.78. The first-order valence-electron chi connectivity index (χ1n) is 10.1. The molecule has 0 saturated heterocycles. The first-order valence-corrected chi connectivity index (χ1v) is 11.8. The molecule has 4 aromatic heterocycles. The molecule has 4 heteroatoms. The lowest BCUT2D eigenvalue weighted by Gasteiger charge is -2.21. The van der Waals surface area contributed by atoms with Crippen molar-refractivity contribution in [2.24, 2.45) is 0 Å². The molecule has 4 heterocycles. The van der Waals surface area contributed by atoms with E-state index in [9.17, 15) is 0 Å². The van der Waals surface area contributed by atoms with Crippen molar-refractivity contribution in [1.82, 2.24) is 4.98 Å². The quantitative estimate of drug-likeness (QED) is 0.262. The smallest absolute Gasteiger partial charge is 0.135 e. The Balaban J connectivity index is 1.71. The number of furan rings is 1. The van der Waals surface area contributed by atoms with Crippen molar-refractivity contribution in [3.8, 4) is 11.3 Å². The Morgan fingerprint density at radius 1 is 0.933 bits per heavy atom. The average Bonchev–Trinajstić information content (AvgIpc) is 3.39. The van der Waals surface area contributed by atoms with Crippen LogP contribution in [-0.2, 0) is 5.41 Å². The molecule has 0 radical (unpaired) electrons. The molecule has 0 aliphatic carbocycles. The van der Waals surface area contributed by atoms with E-state index in [1.807, 2.05) is 35.8 Å². The number of aryl methyl sites for hydroxylation is 1. The summed E-state index contributed by atoms with van der Waals surface area (Å²) in [6.07, 6.45) is 1.94. The Bertz CT molecular complexity index is 1590. The molecule has 0 aliphatic rings. The number of nitrogens with zero attached hydrogens (tertiary/aromatic N) is 1. The molecule has 2 nitrogen and oxygen atoms in total. The molecule has 0 atom stereocenters. The van der Waals surface area contributed by atoms with Crippen LogP contribution >= 0.6 is 22.7 Å². The highest BCUT2D eigenvalue weighted by atomic mass is 32.1. The van der Waals surface area contributed by atoms with Crippen LogP contribution in [0.1, 0.15) is 32.1 Å². The van der Waals surface area contributed by atoms with Gasteiger partial charge in [-0.15, -0.1) is 22.7 Å². The van der Waals surface area contributed by atoms with E-state index < -0.39 is 0 Å². The van der Waals surface area contributed by atoms with Gasteiger partial charge in [0.05, 0.1) is 5.69 Å². The van der Waals surface area contributed by atoms with E-state index >= 15 is 0 Å². The number of aromatic nitrogens is 1. The second-order valence-electron chi connectivity index (χ2n) is 8.99. The summed E-state index contributed by atoms with van der Waals surface area (Å²) in [6, 6.07) is 15.6. The highest BCUT2D eigenvalue weighted by molar-refractivity contribution is 7.26. The van der Waals surface area contributed by atoms with E-state index in [-0.39, 0.29) is 5.41 Å². The fourth-order valence-electron chi connectivity index (χ4n) is 4.38. The highest BCUT2D eigenvalue weighted by Gasteiger charge is 2.21. The highest BCUT2D eigenvalue weighted by Crippen LogP contribution is 2.43. The fourth-order valence-corrected chi connectivity index (χ4v) is 6.60. The first kappa shape index (κ1) is 18.1. The van der Waals surface area contributed by atoms with E-state index in [0.29, 0.717) is 0 Å². The summed E-state index contributed by atoms with van der Waals surface area (Å²) in [5.74, 6) is 0.947. The second kappa shape index (κ2) is 6.16. The topological polar surface area (TPSA) is 26.0 Å². The molecule has 0 amide bonds. The maximum Gasteiger partial charge on any atom is 0.135 e. The molecule has 2 aromatic carbocycles. The maximum absolute atomic E-state index is 5.87. The molecule has 0 spiro atoms. The SMILES string of the molecule is Cc1cc2cc3c(cc2o1)sc1ccnc(-c2cc(C(C)(C)C)c4sccc4c2)c13. The predicted octanol–water partition coefficient (Wildman–Crippen LogP) is 8.68. The standard InChI is InChI=1S/C26H21NOS2/c1-14-9-16-11-18-22(13-20(16)28-14)30-21-5-7-27-24(23(18)21)17-10-15-6-8-29-25(15)19(12-17)26(2,3)4/h5-13H,1-4H3. The predicted molar refractivity (Wildman–Crippen MR) is 131 cm³/mol. The lowest BCUT2D eigenvalue weighted by atomic mass is 9.85. The van der Waals surface area contributed by atoms with Crippen LogP contribution in [0.2, 0.25) is 0 Å². The summed E-state index contributed by atoms with van der Waals surface area (Å²) >= 11 is 3.64. The Labute approximate surface area is 182 Å². The van der Waals surface area contributed by atoms with Gasteiger partial charge in [0.25, 0.3) is 0 Å². The lowest BCUT2D eigenvalue weighted by Crippen LogP contribution is -2.11. The Morgan fingerprint density at radius 2 is 1.80 bits per heavy atom. The van der Waals surface area contributed by atoms with Crippen molar-refractivity contribution in [2.75, 3.05) is 0 Å². The van der Waals surface area contributed by atoms with Crippen molar-refractivity contribution in [3.05, 3.63) is 65.4 Å². The molecule has 0 unspecified atom stereocenters. The van der Waals surface area contributed by atoms with Gasteiger partial charge >= 0.3 is 0 Å². The first-order chi connectivity index (χ1) is 14.4. The lowest BCUT2D eigenvalue weighted by molar-refractivity contribution is 0.579. The number of hydrogen-bond acceptors (Lipinski definition) is 4. The third-order valence-corrected chi connectivity index (χ3v) is 7.86. The van der Waals surface area contributed by atoms with Crippen LogP contribution in [0.3, 0.4) is 0 Å². The molecule has 6 aromatic rings. The van der Waals surface area contributed by atoms with Crippen LogP contribution in [0.4, 0.5) is 0 Å². The molecule has 0 N–H and O–H groups in total. The van der Waals surface area contributed by atoms with Crippen molar-refractivity contribution in [3.63, 3.8) is 0 Å². The van der Waals surface area contributed by atoms with Crippen LogP contribution in [-0.4, -0.2) is 4.98 Å². The molecule has 148 valence electrons. The molecule has 6 rings (SSSR count). The van der Waals surface area contributed by atoms with Crippen molar-refractivity contribution in [2.45, 2.75) is 33.1 Å². The van der Waals surface area contributed by atoms with Crippen molar-refractivity contribution in [1.29, 1.82) is 0 Å². The van der Waals surface area contributed by atoms with E-state index in [1.54, 1.807) is 0 Å². The third kappa shape index (κ3) is 2.64. The van der Waals surface area contributed by atoms with E-state index in [0.717, 1.165) is 22.4 Å². The van der Waals surface area contributed by atoms with Crippen molar-refractivity contribution < 1.29 is 4.42 Å². The molecular weight excluding hydrogens is 406 g/mol. The van der Waals surface area contributed by atoms with E-state index in [1.165, 1.54) is 41.4 Å². The number of pyridine rings is 1. The monoisotopic (exact) mass is 427 g/mol. The fraction of sp³-hybridized carbons (Fsp3) is 0.192. The van der Waals surface area contributed by atoms with Gasteiger partial charge in [-0.1, -0.05) is 20.8 Å². The molecule has 30 heavy (non-hydrogen) atoms.